The second-order valence-electron chi connectivity index (χ2n) is 7.84. The summed E-state index contributed by atoms with van der Waals surface area (Å²) >= 11 is 0. The van der Waals surface area contributed by atoms with Crippen molar-refractivity contribution >= 4 is 24.0 Å². The quantitative estimate of drug-likeness (QED) is 0.255. The summed E-state index contributed by atoms with van der Waals surface area (Å²) in [5.74, 6) is 1.47. The number of nitrogens with zero attached hydrogens (tertiary/aromatic N) is 4. The number of anilines is 2. The summed E-state index contributed by atoms with van der Waals surface area (Å²) in [6, 6.07) is 15.7. The molecule has 0 spiro atoms. The van der Waals surface area contributed by atoms with Crippen LogP contribution in [0, 0.1) is 0 Å². The van der Waals surface area contributed by atoms with Crippen molar-refractivity contribution in [2.24, 2.45) is 5.10 Å². The molecule has 0 radical (unpaired) electrons. The van der Waals surface area contributed by atoms with Crippen LogP contribution in [0.3, 0.4) is 0 Å². The van der Waals surface area contributed by atoms with Gasteiger partial charge in [0.15, 0.2) is 12.1 Å². The highest BCUT2D eigenvalue weighted by atomic mass is 16.5. The average Bonchev–Trinajstić information content (AvgIpc) is 2.89. The second-order valence-corrected chi connectivity index (χ2v) is 7.84. The molecule has 3 N–H and O–H groups in total. The van der Waals surface area contributed by atoms with E-state index < -0.39 is 0 Å². The first kappa shape index (κ1) is 23.3. The molecule has 0 atom stereocenters. The maximum absolute atomic E-state index is 12.0. The van der Waals surface area contributed by atoms with Gasteiger partial charge in [-0.1, -0.05) is 24.3 Å². The number of aldehydes is 1. The number of carbonyl (C=O) groups excluding carboxylic acids is 1. The summed E-state index contributed by atoms with van der Waals surface area (Å²) in [6.07, 6.45) is 2.25. The van der Waals surface area contributed by atoms with Gasteiger partial charge in [-0.25, -0.2) is 9.97 Å². The zero-order valence-electron chi connectivity index (χ0n) is 19.4. The van der Waals surface area contributed by atoms with E-state index in [2.05, 4.69) is 48.2 Å². The molecule has 0 saturated carbocycles. The first-order valence-corrected chi connectivity index (χ1v) is 11.2. The zero-order valence-corrected chi connectivity index (χ0v) is 19.4. The van der Waals surface area contributed by atoms with Gasteiger partial charge in [0, 0.05) is 45.5 Å². The van der Waals surface area contributed by atoms with Gasteiger partial charge < -0.3 is 20.8 Å². The Morgan fingerprint density at radius 2 is 1.88 bits per heavy atom. The number of methoxy groups -OCH3 is 1. The minimum absolute atomic E-state index is 0.322. The minimum Gasteiger partial charge on any atom is -0.496 e. The summed E-state index contributed by atoms with van der Waals surface area (Å²) in [4.78, 5) is 23.7. The van der Waals surface area contributed by atoms with E-state index in [1.165, 1.54) is 11.8 Å². The second kappa shape index (κ2) is 11.4. The van der Waals surface area contributed by atoms with Gasteiger partial charge in [0.1, 0.15) is 11.6 Å². The lowest BCUT2D eigenvalue weighted by atomic mass is 10.1. The van der Waals surface area contributed by atoms with Crippen LogP contribution < -0.4 is 20.8 Å². The number of hydrazone groups is 1. The predicted octanol–water partition coefficient (Wildman–Crippen LogP) is 2.67. The van der Waals surface area contributed by atoms with Crippen LogP contribution in [0.5, 0.6) is 5.75 Å². The van der Waals surface area contributed by atoms with Crippen LogP contribution in [0.4, 0.5) is 11.5 Å². The third kappa shape index (κ3) is 5.56. The van der Waals surface area contributed by atoms with Crippen LogP contribution in [0.2, 0.25) is 0 Å². The lowest BCUT2D eigenvalue weighted by Crippen LogP contribution is -2.42. The lowest BCUT2D eigenvalue weighted by Gasteiger charge is -2.27. The Hall–Kier alpha value is -3.82. The molecule has 9 nitrogen and oxygen atoms in total. The van der Waals surface area contributed by atoms with Gasteiger partial charge in [-0.3, -0.25) is 9.69 Å². The van der Waals surface area contributed by atoms with Crippen molar-refractivity contribution in [2.45, 2.75) is 6.54 Å². The largest absolute Gasteiger partial charge is 0.496 e. The molecule has 0 aliphatic carbocycles. The number of hydrogen-bond acceptors (Lipinski definition) is 9. The molecule has 2 heterocycles. The molecule has 3 aromatic rings. The number of hydrogen-bond donors (Lipinski definition) is 3. The van der Waals surface area contributed by atoms with Crippen molar-refractivity contribution in [3.05, 3.63) is 65.4 Å². The van der Waals surface area contributed by atoms with Crippen LogP contribution in [0.15, 0.2) is 53.6 Å². The van der Waals surface area contributed by atoms with E-state index >= 15 is 0 Å². The van der Waals surface area contributed by atoms with Crippen molar-refractivity contribution < 1.29 is 9.53 Å². The molecule has 1 aliphatic rings. The molecule has 1 aromatic heterocycles. The number of para-hydroxylation sites is 1. The number of carbonyl (C=O) groups is 1. The number of ether oxygens (including phenoxy) is 1. The summed E-state index contributed by atoms with van der Waals surface area (Å²) in [7, 11) is 3.28. The Morgan fingerprint density at radius 3 is 2.59 bits per heavy atom. The van der Waals surface area contributed by atoms with E-state index in [9.17, 15) is 4.79 Å². The Balaban J connectivity index is 1.65. The topological polar surface area (TPSA) is 104 Å². The summed E-state index contributed by atoms with van der Waals surface area (Å²) in [5.41, 5.74) is 6.20. The summed E-state index contributed by atoms with van der Waals surface area (Å²) < 4.78 is 5.49. The van der Waals surface area contributed by atoms with Crippen LogP contribution in [0.25, 0.3) is 11.4 Å². The number of aromatic nitrogens is 2. The van der Waals surface area contributed by atoms with Crippen LogP contribution in [-0.2, 0) is 6.54 Å². The normalized spacial score (nSPS) is 14.2. The first-order chi connectivity index (χ1) is 16.7. The molecule has 176 valence electrons. The van der Waals surface area contributed by atoms with Gasteiger partial charge in [-0.15, -0.1) is 0 Å². The van der Waals surface area contributed by atoms with Gasteiger partial charge in [0.2, 0.25) is 0 Å². The average molecular weight is 460 g/mol. The summed E-state index contributed by atoms with van der Waals surface area (Å²) in [5, 5.41) is 10.7. The fourth-order valence-corrected chi connectivity index (χ4v) is 3.83. The van der Waals surface area contributed by atoms with Crippen molar-refractivity contribution in [3.8, 4) is 17.1 Å². The minimum atomic E-state index is 0.322. The molecule has 2 aromatic carbocycles. The Morgan fingerprint density at radius 1 is 1.12 bits per heavy atom. The van der Waals surface area contributed by atoms with Gasteiger partial charge in [0.05, 0.1) is 30.1 Å². The molecule has 0 unspecified atom stereocenters. The maximum atomic E-state index is 12.0. The molecule has 1 aliphatic heterocycles. The molecule has 0 bridgehead atoms. The highest BCUT2D eigenvalue weighted by Gasteiger charge is 2.17. The number of rotatable bonds is 9. The highest BCUT2D eigenvalue weighted by Crippen LogP contribution is 2.30. The van der Waals surface area contributed by atoms with Crippen molar-refractivity contribution in [1.82, 2.24) is 25.6 Å². The molecule has 9 heteroatoms. The molecule has 1 saturated heterocycles. The van der Waals surface area contributed by atoms with E-state index in [0.29, 0.717) is 28.6 Å². The summed E-state index contributed by atoms with van der Waals surface area (Å²) in [6.45, 7) is 5.06. The predicted molar refractivity (Wildman–Crippen MR) is 134 cm³/mol. The molecule has 1 fully saturated rings. The third-order valence-electron chi connectivity index (χ3n) is 5.59. The van der Waals surface area contributed by atoms with Crippen LogP contribution in [0.1, 0.15) is 21.6 Å². The van der Waals surface area contributed by atoms with Gasteiger partial charge >= 0.3 is 0 Å². The molecule has 0 amide bonds. The molecule has 4 rings (SSSR count). The standard InChI is InChI=1S/C25H29N7O2/c1-26-28-15-22-21(17-33)25(31-24(30-22)20-5-3-4-6-23(20)34-2)29-19-9-7-18(8-10-19)16-32-13-11-27-12-14-32/h3-10,15,17,26-27H,11-14,16H2,1-2H3,(H,29,30,31)/b28-15-. The Bertz CT molecular complexity index is 1140. The fraction of sp³-hybridized carbons (Fsp3) is 0.280. The van der Waals surface area contributed by atoms with Crippen molar-refractivity contribution in [2.75, 3.05) is 45.7 Å². The van der Waals surface area contributed by atoms with Gasteiger partial charge in [-0.2, -0.15) is 5.10 Å². The molecule has 34 heavy (non-hydrogen) atoms. The Kier molecular flexibility index (Phi) is 7.79. The maximum Gasteiger partial charge on any atom is 0.165 e. The van der Waals surface area contributed by atoms with Crippen molar-refractivity contribution in [3.63, 3.8) is 0 Å². The SMILES string of the molecule is CN/N=C\c1nc(-c2ccccc2OC)nc(Nc2ccc(CN3CCNCC3)cc2)c1C=O. The molecular formula is C25H29N7O2. The number of piperazine rings is 1. The third-order valence-corrected chi connectivity index (χ3v) is 5.59. The molecular weight excluding hydrogens is 430 g/mol. The van der Waals surface area contributed by atoms with Crippen LogP contribution in [-0.4, -0.2) is 67.7 Å². The zero-order chi connectivity index (χ0) is 23.8. The Labute approximate surface area is 199 Å². The number of benzene rings is 2. The van der Waals surface area contributed by atoms with Gasteiger partial charge in [-0.05, 0) is 29.8 Å². The number of nitrogens with one attached hydrogen (secondary N) is 3. The van der Waals surface area contributed by atoms with E-state index in [4.69, 9.17) is 4.74 Å². The first-order valence-electron chi connectivity index (χ1n) is 11.2. The fourth-order valence-electron chi connectivity index (χ4n) is 3.83. The smallest absolute Gasteiger partial charge is 0.165 e. The highest BCUT2D eigenvalue weighted by molar-refractivity contribution is 5.96. The lowest BCUT2D eigenvalue weighted by molar-refractivity contribution is 0.112. The van der Waals surface area contributed by atoms with Crippen molar-refractivity contribution in [1.29, 1.82) is 0 Å². The monoisotopic (exact) mass is 459 g/mol. The van der Waals surface area contributed by atoms with E-state index in [1.54, 1.807) is 14.2 Å². The van der Waals surface area contributed by atoms with Gasteiger partial charge in [0.25, 0.3) is 0 Å². The van der Waals surface area contributed by atoms with Crippen LogP contribution >= 0.6 is 0 Å². The van der Waals surface area contributed by atoms with E-state index in [0.717, 1.165) is 50.3 Å². The van der Waals surface area contributed by atoms with E-state index in [1.807, 2.05) is 36.4 Å². The van der Waals surface area contributed by atoms with E-state index in [-0.39, 0.29) is 0 Å².